The van der Waals surface area contributed by atoms with Gasteiger partial charge in [0, 0.05) is 12.2 Å². The highest BCUT2D eigenvalue weighted by molar-refractivity contribution is 5.71. The molecule has 0 spiro atoms. The molecule has 0 aromatic heterocycles. The molecule has 0 saturated carbocycles. The number of ether oxygens (including phenoxy) is 1. The molecule has 0 aliphatic heterocycles. The second-order valence-corrected chi connectivity index (χ2v) is 4.23. The molecule has 1 N–H and O–H groups in total. The van der Waals surface area contributed by atoms with Gasteiger partial charge in [0.1, 0.15) is 5.75 Å². The molecule has 0 saturated heterocycles. The highest BCUT2D eigenvalue weighted by atomic mass is 16.5. The zero-order chi connectivity index (χ0) is 12.8. The maximum absolute atomic E-state index is 8.89. The fraction of sp³-hybridized carbons (Fsp3) is 0.250. The normalized spacial score (nSPS) is 10.3. The van der Waals surface area contributed by atoms with Crippen molar-refractivity contribution >= 4 is 0 Å². The lowest BCUT2D eigenvalue weighted by Crippen LogP contribution is -1.93. The highest BCUT2D eigenvalue weighted by Crippen LogP contribution is 2.30. The van der Waals surface area contributed by atoms with E-state index in [9.17, 15) is 0 Å². The Labute approximate surface area is 108 Å². The van der Waals surface area contributed by atoms with E-state index in [1.165, 1.54) is 5.56 Å². The number of hydrogen-bond donors (Lipinski definition) is 1. The van der Waals surface area contributed by atoms with E-state index in [4.69, 9.17) is 9.84 Å². The van der Waals surface area contributed by atoms with Crippen molar-refractivity contribution in [1.82, 2.24) is 0 Å². The van der Waals surface area contributed by atoms with Gasteiger partial charge in [-0.05, 0) is 36.1 Å². The quantitative estimate of drug-likeness (QED) is 0.871. The topological polar surface area (TPSA) is 29.5 Å². The first-order chi connectivity index (χ1) is 8.85. The Morgan fingerprint density at radius 3 is 2.50 bits per heavy atom. The third kappa shape index (κ3) is 2.90. The molecule has 0 atom stereocenters. The van der Waals surface area contributed by atoms with E-state index in [0.717, 1.165) is 29.7 Å². The summed E-state index contributed by atoms with van der Waals surface area (Å²) in [5.41, 5.74) is 3.48. The van der Waals surface area contributed by atoms with Crippen LogP contribution in [0.5, 0.6) is 5.75 Å². The maximum Gasteiger partial charge on any atom is 0.126 e. The van der Waals surface area contributed by atoms with Crippen LogP contribution in [0.3, 0.4) is 0 Å². The van der Waals surface area contributed by atoms with Crippen LogP contribution in [0.25, 0.3) is 11.1 Å². The van der Waals surface area contributed by atoms with Gasteiger partial charge in [-0.2, -0.15) is 0 Å². The molecule has 0 radical (unpaired) electrons. The van der Waals surface area contributed by atoms with Gasteiger partial charge in [0.2, 0.25) is 0 Å². The Morgan fingerprint density at radius 2 is 1.83 bits per heavy atom. The summed E-state index contributed by atoms with van der Waals surface area (Å²) >= 11 is 0. The predicted octanol–water partition coefficient (Wildman–Crippen LogP) is 3.29. The molecule has 2 aromatic carbocycles. The molecule has 94 valence electrons. The number of aliphatic hydroxyl groups excluding tert-OH is 1. The Morgan fingerprint density at radius 1 is 1.06 bits per heavy atom. The van der Waals surface area contributed by atoms with Gasteiger partial charge in [-0.1, -0.05) is 36.4 Å². The van der Waals surface area contributed by atoms with Gasteiger partial charge in [-0.3, -0.25) is 0 Å². The van der Waals surface area contributed by atoms with Crippen LogP contribution in [0.4, 0.5) is 0 Å². The van der Waals surface area contributed by atoms with Crippen molar-refractivity contribution in [3.05, 3.63) is 54.1 Å². The second-order valence-electron chi connectivity index (χ2n) is 4.23. The van der Waals surface area contributed by atoms with Crippen LogP contribution < -0.4 is 4.74 Å². The molecule has 2 aromatic rings. The third-order valence-corrected chi connectivity index (χ3v) is 2.97. The molecule has 0 aliphatic carbocycles. The lowest BCUT2D eigenvalue weighted by Gasteiger charge is -2.11. The van der Waals surface area contributed by atoms with Crippen molar-refractivity contribution in [3.8, 4) is 16.9 Å². The number of rotatable bonds is 5. The van der Waals surface area contributed by atoms with E-state index in [2.05, 4.69) is 24.3 Å². The van der Waals surface area contributed by atoms with Gasteiger partial charge in [-0.15, -0.1) is 0 Å². The van der Waals surface area contributed by atoms with E-state index >= 15 is 0 Å². The number of methoxy groups -OCH3 is 1. The van der Waals surface area contributed by atoms with Crippen LogP contribution in [-0.2, 0) is 6.42 Å². The minimum Gasteiger partial charge on any atom is -0.496 e. The number of benzene rings is 2. The Bertz CT molecular complexity index is 492. The predicted molar refractivity (Wildman–Crippen MR) is 73.8 cm³/mol. The summed E-state index contributed by atoms with van der Waals surface area (Å²) in [7, 11) is 1.69. The molecule has 0 unspecified atom stereocenters. The lowest BCUT2D eigenvalue weighted by atomic mass is 10.00. The molecule has 2 heteroatoms. The fourth-order valence-corrected chi connectivity index (χ4v) is 2.04. The maximum atomic E-state index is 8.89. The van der Waals surface area contributed by atoms with Gasteiger partial charge < -0.3 is 9.84 Å². The van der Waals surface area contributed by atoms with Crippen molar-refractivity contribution < 1.29 is 9.84 Å². The van der Waals surface area contributed by atoms with Crippen molar-refractivity contribution in [3.63, 3.8) is 0 Å². The van der Waals surface area contributed by atoms with Crippen LogP contribution >= 0.6 is 0 Å². The fourth-order valence-electron chi connectivity index (χ4n) is 2.04. The molecule has 0 bridgehead atoms. The Hall–Kier alpha value is -1.80. The molecular formula is C16H18O2. The van der Waals surface area contributed by atoms with Crippen LogP contribution in [0.15, 0.2) is 48.5 Å². The van der Waals surface area contributed by atoms with Crippen molar-refractivity contribution in [2.45, 2.75) is 12.8 Å². The van der Waals surface area contributed by atoms with E-state index in [1.54, 1.807) is 7.11 Å². The van der Waals surface area contributed by atoms with E-state index in [-0.39, 0.29) is 6.61 Å². The van der Waals surface area contributed by atoms with Crippen LogP contribution in [0.2, 0.25) is 0 Å². The standard InChI is InChI=1S/C16H18O2/c1-18-16-10-9-13(6-5-11-17)12-15(16)14-7-3-2-4-8-14/h2-4,7-10,12,17H,5-6,11H2,1H3. The molecule has 0 aliphatic rings. The van der Waals surface area contributed by atoms with Gasteiger partial charge in [0.25, 0.3) is 0 Å². The van der Waals surface area contributed by atoms with Crippen LogP contribution in [-0.4, -0.2) is 18.8 Å². The van der Waals surface area contributed by atoms with Gasteiger partial charge in [0.05, 0.1) is 7.11 Å². The first-order valence-corrected chi connectivity index (χ1v) is 6.18. The number of hydrogen-bond acceptors (Lipinski definition) is 2. The van der Waals surface area contributed by atoms with Gasteiger partial charge >= 0.3 is 0 Å². The summed E-state index contributed by atoms with van der Waals surface area (Å²) in [5, 5.41) is 8.89. The minimum atomic E-state index is 0.229. The summed E-state index contributed by atoms with van der Waals surface area (Å²) in [5.74, 6) is 0.883. The average Bonchev–Trinajstić information content (AvgIpc) is 2.45. The zero-order valence-corrected chi connectivity index (χ0v) is 10.6. The van der Waals surface area contributed by atoms with E-state index in [0.29, 0.717) is 0 Å². The monoisotopic (exact) mass is 242 g/mol. The summed E-state index contributed by atoms with van der Waals surface area (Å²) in [6.07, 6.45) is 1.68. The summed E-state index contributed by atoms with van der Waals surface area (Å²) in [6, 6.07) is 16.4. The number of aryl methyl sites for hydroxylation is 1. The molecule has 0 heterocycles. The molecule has 2 nitrogen and oxygen atoms in total. The van der Waals surface area contributed by atoms with Crippen LogP contribution in [0.1, 0.15) is 12.0 Å². The van der Waals surface area contributed by atoms with Gasteiger partial charge in [-0.25, -0.2) is 0 Å². The summed E-state index contributed by atoms with van der Waals surface area (Å²) in [4.78, 5) is 0. The largest absolute Gasteiger partial charge is 0.496 e. The second kappa shape index (κ2) is 6.22. The van der Waals surface area contributed by atoms with Gasteiger partial charge in [0.15, 0.2) is 0 Å². The van der Waals surface area contributed by atoms with E-state index in [1.807, 2.05) is 24.3 Å². The van der Waals surface area contributed by atoms with Crippen molar-refractivity contribution in [1.29, 1.82) is 0 Å². The molecule has 0 fully saturated rings. The van der Waals surface area contributed by atoms with Crippen LogP contribution in [0, 0.1) is 0 Å². The highest BCUT2D eigenvalue weighted by Gasteiger charge is 2.06. The average molecular weight is 242 g/mol. The molecule has 18 heavy (non-hydrogen) atoms. The Kier molecular flexibility index (Phi) is 4.37. The number of aliphatic hydroxyl groups is 1. The summed E-state index contributed by atoms with van der Waals surface area (Å²) in [6.45, 7) is 0.229. The Balaban J connectivity index is 2.37. The SMILES string of the molecule is COc1ccc(CCCO)cc1-c1ccccc1. The minimum absolute atomic E-state index is 0.229. The smallest absolute Gasteiger partial charge is 0.126 e. The molecular weight excluding hydrogens is 224 g/mol. The van der Waals surface area contributed by atoms with Crippen molar-refractivity contribution in [2.75, 3.05) is 13.7 Å². The zero-order valence-electron chi connectivity index (χ0n) is 10.6. The first kappa shape index (κ1) is 12.7. The molecule has 0 amide bonds. The lowest BCUT2D eigenvalue weighted by molar-refractivity contribution is 0.288. The summed E-state index contributed by atoms with van der Waals surface area (Å²) < 4.78 is 5.41. The van der Waals surface area contributed by atoms with Crippen molar-refractivity contribution in [2.24, 2.45) is 0 Å². The molecule has 2 rings (SSSR count). The van der Waals surface area contributed by atoms with E-state index < -0.39 is 0 Å². The third-order valence-electron chi connectivity index (χ3n) is 2.97. The first-order valence-electron chi connectivity index (χ1n) is 6.18.